The monoisotopic (exact) mass is 404 g/mol. The van der Waals surface area contributed by atoms with Gasteiger partial charge >= 0.3 is 15.6 Å². The predicted octanol–water partition coefficient (Wildman–Crippen LogP) is 2.99. The number of ketones is 1. The number of hydrogen-bond donors (Lipinski definition) is 0. The lowest BCUT2D eigenvalue weighted by molar-refractivity contribution is -0.137. The topological polar surface area (TPSA) is 86.7 Å². The quantitative estimate of drug-likeness (QED) is 0.382. The van der Waals surface area contributed by atoms with Gasteiger partial charge in [-0.25, -0.2) is 0 Å². The Kier molecular flexibility index (Phi) is 6.09. The molecule has 0 unspecified atom stereocenters. The van der Waals surface area contributed by atoms with Crippen molar-refractivity contribution in [3.05, 3.63) is 42.0 Å². The summed E-state index contributed by atoms with van der Waals surface area (Å²) >= 11 is 0. The lowest BCUT2D eigenvalue weighted by Gasteiger charge is -2.15. The minimum atomic E-state index is -5.81. The van der Waals surface area contributed by atoms with Gasteiger partial charge in [0, 0.05) is 11.3 Å². The van der Waals surface area contributed by atoms with Crippen LogP contribution in [0, 0.1) is 5.92 Å². The van der Waals surface area contributed by atoms with Crippen molar-refractivity contribution in [2.45, 2.75) is 18.9 Å². The summed E-state index contributed by atoms with van der Waals surface area (Å²) in [5.41, 5.74) is -4.94. The molecular formula is C17H15F3O6S. The van der Waals surface area contributed by atoms with Crippen LogP contribution in [0.2, 0.25) is 0 Å². The zero-order chi connectivity index (χ0) is 20.2. The first-order chi connectivity index (χ1) is 12.6. The smallest absolute Gasteiger partial charge is 0.460 e. The van der Waals surface area contributed by atoms with Gasteiger partial charge in [0.25, 0.3) is 6.47 Å². The summed E-state index contributed by atoms with van der Waals surface area (Å²) in [6.45, 7) is 1.39. The van der Waals surface area contributed by atoms with Crippen molar-refractivity contribution in [3.8, 4) is 5.75 Å². The van der Waals surface area contributed by atoms with Gasteiger partial charge < -0.3 is 8.92 Å². The van der Waals surface area contributed by atoms with Crippen LogP contribution in [0.3, 0.4) is 0 Å². The molecule has 0 amide bonds. The molecule has 0 aliphatic rings. The molecule has 10 heteroatoms. The van der Waals surface area contributed by atoms with E-state index in [1.165, 1.54) is 18.2 Å². The maximum absolute atomic E-state index is 12.6. The summed E-state index contributed by atoms with van der Waals surface area (Å²) in [5.74, 6) is -1.32. The first kappa shape index (κ1) is 20.7. The Hall–Kier alpha value is -2.62. The number of fused-ring (bicyclic) bond motifs is 1. The van der Waals surface area contributed by atoms with E-state index in [0.717, 1.165) is 6.07 Å². The second-order valence-electron chi connectivity index (χ2n) is 5.73. The Morgan fingerprint density at radius 1 is 1.15 bits per heavy atom. The van der Waals surface area contributed by atoms with Crippen LogP contribution in [0.5, 0.6) is 5.75 Å². The Bertz CT molecular complexity index is 953. The fraction of sp³-hybridized carbons (Fsp3) is 0.294. The van der Waals surface area contributed by atoms with E-state index >= 15 is 0 Å². The fourth-order valence-corrected chi connectivity index (χ4v) is 2.93. The van der Waals surface area contributed by atoms with E-state index in [1.807, 2.05) is 0 Å². The number of ether oxygens (including phenoxy) is 1. The molecular weight excluding hydrogens is 389 g/mol. The minimum absolute atomic E-state index is 0.159. The zero-order valence-corrected chi connectivity index (χ0v) is 14.8. The average molecular weight is 404 g/mol. The lowest BCUT2D eigenvalue weighted by atomic mass is 9.93. The van der Waals surface area contributed by atoms with Crippen molar-refractivity contribution >= 4 is 33.1 Å². The third kappa shape index (κ3) is 4.76. The van der Waals surface area contributed by atoms with Gasteiger partial charge in [0.05, 0.1) is 0 Å². The number of benzene rings is 2. The summed E-state index contributed by atoms with van der Waals surface area (Å²) in [5, 5.41) is 0.606. The van der Waals surface area contributed by atoms with Crippen LogP contribution in [0.25, 0.3) is 10.8 Å². The van der Waals surface area contributed by atoms with E-state index in [2.05, 4.69) is 8.92 Å². The van der Waals surface area contributed by atoms with Crippen LogP contribution in [0.15, 0.2) is 36.4 Å². The standard InChI is InChI=1S/C17H15F3O6S/c1-11(15(22)9-25-10-21)8-12-6-7-16(14-5-3-2-4-13(12)14)26-27(23,24)17(18,19)20/h2-7,10-11H,8-9H2,1H3/t11-/m0/s1. The van der Waals surface area contributed by atoms with Crippen molar-refractivity contribution < 1.29 is 40.1 Å². The number of Topliss-reactive ketones (excluding diaryl/α,β-unsaturated/α-hetero) is 1. The molecule has 0 fully saturated rings. The van der Waals surface area contributed by atoms with Crippen molar-refractivity contribution in [1.82, 2.24) is 0 Å². The Labute approximate surface area is 153 Å². The van der Waals surface area contributed by atoms with Crippen molar-refractivity contribution in [3.63, 3.8) is 0 Å². The maximum atomic E-state index is 12.6. The Balaban J connectivity index is 2.38. The van der Waals surface area contributed by atoms with Gasteiger partial charge in [0.15, 0.2) is 11.5 Å². The van der Waals surface area contributed by atoms with Crippen LogP contribution >= 0.6 is 0 Å². The zero-order valence-electron chi connectivity index (χ0n) is 14.0. The van der Waals surface area contributed by atoms with Crippen LogP contribution < -0.4 is 4.18 Å². The molecule has 2 aromatic carbocycles. The number of alkyl halides is 3. The molecule has 2 rings (SSSR count). The molecule has 0 heterocycles. The number of carbonyl (C=O) groups excluding carboxylic acids is 2. The highest BCUT2D eigenvalue weighted by Gasteiger charge is 2.48. The Morgan fingerprint density at radius 2 is 1.78 bits per heavy atom. The molecule has 0 radical (unpaired) electrons. The SMILES string of the molecule is C[C@@H](Cc1ccc(OS(=O)(=O)C(F)(F)F)c2ccccc12)C(=O)COC=O. The molecule has 2 aromatic rings. The maximum Gasteiger partial charge on any atom is 0.534 e. The van der Waals surface area contributed by atoms with Gasteiger partial charge in [0.1, 0.15) is 6.61 Å². The van der Waals surface area contributed by atoms with E-state index in [1.54, 1.807) is 19.1 Å². The van der Waals surface area contributed by atoms with Gasteiger partial charge in [-0.15, -0.1) is 0 Å². The van der Waals surface area contributed by atoms with Crippen molar-refractivity contribution in [2.24, 2.45) is 5.92 Å². The molecule has 0 aliphatic heterocycles. The number of carbonyl (C=O) groups is 2. The average Bonchev–Trinajstić information content (AvgIpc) is 2.60. The van der Waals surface area contributed by atoms with Crippen molar-refractivity contribution in [2.75, 3.05) is 6.61 Å². The van der Waals surface area contributed by atoms with E-state index < -0.39 is 27.3 Å². The van der Waals surface area contributed by atoms with Crippen LogP contribution in [-0.2, 0) is 30.9 Å². The summed E-state index contributed by atoms with van der Waals surface area (Å²) in [7, 11) is -5.81. The van der Waals surface area contributed by atoms with Crippen LogP contribution in [-0.4, -0.2) is 32.8 Å². The molecule has 0 N–H and O–H groups in total. The normalized spacial score (nSPS) is 13.2. The predicted molar refractivity (Wildman–Crippen MR) is 89.4 cm³/mol. The van der Waals surface area contributed by atoms with Gasteiger partial charge in [-0.2, -0.15) is 21.6 Å². The van der Waals surface area contributed by atoms with Gasteiger partial charge in [-0.05, 0) is 23.4 Å². The van der Waals surface area contributed by atoms with E-state index in [9.17, 15) is 31.2 Å². The summed E-state index contributed by atoms with van der Waals surface area (Å²) in [6.07, 6.45) is 0.216. The van der Waals surface area contributed by atoms with Crippen molar-refractivity contribution in [1.29, 1.82) is 0 Å². The number of hydrogen-bond acceptors (Lipinski definition) is 6. The molecule has 6 nitrogen and oxygen atoms in total. The largest absolute Gasteiger partial charge is 0.534 e. The number of halogens is 3. The lowest BCUT2D eigenvalue weighted by Crippen LogP contribution is -2.28. The number of rotatable bonds is 8. The second kappa shape index (κ2) is 7.95. The molecule has 0 aromatic heterocycles. The van der Waals surface area contributed by atoms with E-state index in [0.29, 0.717) is 10.9 Å². The summed E-state index contributed by atoms with van der Waals surface area (Å²) in [4.78, 5) is 22.1. The minimum Gasteiger partial charge on any atom is -0.460 e. The summed E-state index contributed by atoms with van der Waals surface area (Å²) < 4.78 is 69.0. The van der Waals surface area contributed by atoms with E-state index in [-0.39, 0.29) is 30.7 Å². The highest BCUT2D eigenvalue weighted by atomic mass is 32.2. The van der Waals surface area contributed by atoms with Gasteiger partial charge in [-0.1, -0.05) is 37.3 Å². The van der Waals surface area contributed by atoms with Gasteiger partial charge in [-0.3, -0.25) is 9.59 Å². The molecule has 0 spiro atoms. The molecule has 0 saturated heterocycles. The third-order valence-electron chi connectivity index (χ3n) is 3.83. The molecule has 0 aliphatic carbocycles. The molecule has 0 saturated carbocycles. The fourth-order valence-electron chi connectivity index (χ4n) is 2.45. The first-order valence-electron chi connectivity index (χ1n) is 7.66. The highest BCUT2D eigenvalue weighted by molar-refractivity contribution is 7.88. The van der Waals surface area contributed by atoms with E-state index in [4.69, 9.17) is 0 Å². The molecule has 27 heavy (non-hydrogen) atoms. The third-order valence-corrected chi connectivity index (χ3v) is 4.79. The van der Waals surface area contributed by atoms with Crippen LogP contribution in [0.1, 0.15) is 12.5 Å². The Morgan fingerprint density at radius 3 is 2.37 bits per heavy atom. The van der Waals surface area contributed by atoms with Gasteiger partial charge in [0.2, 0.25) is 0 Å². The summed E-state index contributed by atoms with van der Waals surface area (Å²) in [6, 6.07) is 8.65. The first-order valence-corrected chi connectivity index (χ1v) is 9.07. The highest BCUT2D eigenvalue weighted by Crippen LogP contribution is 2.34. The molecule has 0 bridgehead atoms. The molecule has 146 valence electrons. The van der Waals surface area contributed by atoms with Crippen LogP contribution in [0.4, 0.5) is 13.2 Å². The molecule has 1 atom stereocenters. The second-order valence-corrected chi connectivity index (χ2v) is 7.27.